The highest BCUT2D eigenvalue weighted by Gasteiger charge is 2.58. The zero-order chi connectivity index (χ0) is 15.5. The molecule has 0 amide bonds. The van der Waals surface area contributed by atoms with Crippen molar-refractivity contribution in [1.82, 2.24) is 4.65 Å². The topological polar surface area (TPSA) is 86.3 Å². The average molecular weight is 296 g/mol. The van der Waals surface area contributed by atoms with Crippen LogP contribution in [0.1, 0.15) is 11.1 Å². The molecule has 0 spiro atoms. The molecule has 2 aliphatic heterocycles. The quantitative estimate of drug-likeness (QED) is 0.265. The smallest absolute Gasteiger partial charge is 0.429 e. The monoisotopic (exact) mass is 296 g/mol. The highest BCUT2D eigenvalue weighted by molar-refractivity contribution is 5.80. The van der Waals surface area contributed by atoms with E-state index in [-0.39, 0.29) is 29.4 Å². The van der Waals surface area contributed by atoms with Gasteiger partial charge in [0.1, 0.15) is 11.3 Å². The zero-order valence-corrected chi connectivity index (χ0v) is 11.3. The number of hydrogen-bond acceptors (Lipinski definition) is 4. The van der Waals surface area contributed by atoms with Crippen molar-refractivity contribution in [3.63, 3.8) is 0 Å². The molecule has 0 aliphatic carbocycles. The van der Waals surface area contributed by atoms with Gasteiger partial charge in [0, 0.05) is 22.6 Å². The van der Waals surface area contributed by atoms with Crippen LogP contribution in [0, 0.1) is 20.2 Å². The average Bonchev–Trinajstić information content (AvgIpc) is 2.73. The Morgan fingerprint density at radius 2 is 1.91 bits per heavy atom. The molecular weight excluding hydrogens is 286 g/mol. The third-order valence-corrected chi connectivity index (χ3v) is 4.08. The van der Waals surface area contributed by atoms with E-state index in [2.05, 4.69) is 0 Å². The number of quaternary nitrogens is 1. The van der Waals surface area contributed by atoms with Gasteiger partial charge >= 0.3 is 17.2 Å². The SMILES string of the molecule is O=[N+]([O-])c1cccc2c1[N+]1([O-])Cc3ccccc3C=C1[N+]2=O. The molecule has 0 fully saturated rings. The lowest BCUT2D eigenvalue weighted by Crippen LogP contribution is -2.42. The summed E-state index contributed by atoms with van der Waals surface area (Å²) in [5.41, 5.74) is 1.18. The lowest BCUT2D eigenvalue weighted by atomic mass is 10.0. The summed E-state index contributed by atoms with van der Waals surface area (Å²) >= 11 is 0. The number of hydroxylamine groups is 2. The molecule has 7 heteroatoms. The molecule has 0 saturated heterocycles. The number of fused-ring (bicyclic) bond motifs is 4. The summed E-state index contributed by atoms with van der Waals surface area (Å²) in [6, 6.07) is 11.3. The van der Waals surface area contributed by atoms with E-state index in [1.54, 1.807) is 12.1 Å². The maximum atomic E-state index is 13.3. The molecule has 0 aromatic heterocycles. The molecular formula is C15H10N3O4+. The molecule has 2 aromatic rings. The number of hydrogen-bond donors (Lipinski definition) is 0. The number of para-hydroxylation sites is 1. The lowest BCUT2D eigenvalue weighted by molar-refractivity contribution is -0.410. The molecule has 7 nitrogen and oxygen atoms in total. The molecule has 0 radical (unpaired) electrons. The van der Waals surface area contributed by atoms with E-state index in [1.807, 2.05) is 12.1 Å². The summed E-state index contributed by atoms with van der Waals surface area (Å²) in [4.78, 5) is 23.1. The molecule has 2 aromatic carbocycles. The molecule has 0 N–H and O–H groups in total. The number of benzene rings is 2. The Balaban J connectivity index is 2.04. The minimum atomic E-state index is -1.12. The van der Waals surface area contributed by atoms with Crippen molar-refractivity contribution in [2.75, 3.05) is 0 Å². The van der Waals surface area contributed by atoms with Crippen LogP contribution in [0.15, 0.2) is 48.3 Å². The molecule has 2 aliphatic rings. The molecule has 2 heterocycles. The van der Waals surface area contributed by atoms with E-state index in [0.29, 0.717) is 4.76 Å². The van der Waals surface area contributed by atoms with Crippen LogP contribution in [0.3, 0.4) is 0 Å². The first-order chi connectivity index (χ1) is 10.5. The highest BCUT2D eigenvalue weighted by atomic mass is 16.6. The Bertz CT molecular complexity index is 890. The third kappa shape index (κ3) is 1.46. The van der Waals surface area contributed by atoms with Gasteiger partial charge in [-0.15, -0.1) is 0 Å². The van der Waals surface area contributed by atoms with Gasteiger partial charge in [-0.25, -0.2) is 4.65 Å². The predicted molar refractivity (Wildman–Crippen MR) is 79.7 cm³/mol. The Labute approximate surface area is 124 Å². The van der Waals surface area contributed by atoms with Gasteiger partial charge in [-0.05, 0) is 11.6 Å². The van der Waals surface area contributed by atoms with Crippen LogP contribution in [-0.2, 0) is 6.54 Å². The highest BCUT2D eigenvalue weighted by Crippen LogP contribution is 2.53. The van der Waals surface area contributed by atoms with Gasteiger partial charge in [0.15, 0.2) is 0 Å². The standard InChI is InChI=1S/C15H10N3O4/c19-16-12-6-3-7-13(17(20)21)15(12)18(22)9-11-5-2-1-4-10(11)8-14(16)18/h1-8H,9H2/q+1. The maximum Gasteiger partial charge on any atom is 0.429 e. The van der Waals surface area contributed by atoms with Crippen molar-refractivity contribution in [3.8, 4) is 0 Å². The van der Waals surface area contributed by atoms with Gasteiger partial charge in [-0.2, -0.15) is 0 Å². The van der Waals surface area contributed by atoms with E-state index < -0.39 is 9.57 Å². The van der Waals surface area contributed by atoms with E-state index in [4.69, 9.17) is 0 Å². The van der Waals surface area contributed by atoms with Crippen LogP contribution in [0.4, 0.5) is 17.1 Å². The van der Waals surface area contributed by atoms with Crippen LogP contribution in [-0.4, -0.2) is 9.68 Å². The Morgan fingerprint density at radius 3 is 2.68 bits per heavy atom. The summed E-state index contributed by atoms with van der Waals surface area (Å²) in [5.74, 6) is -0.0389. The number of nitro benzene ring substituents is 1. The summed E-state index contributed by atoms with van der Waals surface area (Å²) in [6.45, 7) is -0.0292. The van der Waals surface area contributed by atoms with Crippen LogP contribution in [0.2, 0.25) is 0 Å². The Morgan fingerprint density at radius 1 is 1.14 bits per heavy atom. The second-order valence-electron chi connectivity index (χ2n) is 5.30. The van der Waals surface area contributed by atoms with E-state index in [0.717, 1.165) is 11.1 Å². The van der Waals surface area contributed by atoms with Gasteiger partial charge in [0.25, 0.3) is 5.69 Å². The van der Waals surface area contributed by atoms with E-state index in [9.17, 15) is 20.2 Å². The lowest BCUT2D eigenvalue weighted by Gasteiger charge is -2.34. The van der Waals surface area contributed by atoms with Gasteiger partial charge in [0.05, 0.1) is 11.0 Å². The molecule has 0 bridgehead atoms. The molecule has 4 rings (SSSR count). The van der Waals surface area contributed by atoms with Gasteiger partial charge in [-0.3, -0.25) is 10.1 Å². The largest absolute Gasteiger partial charge is 0.617 e. The fourth-order valence-corrected chi connectivity index (χ4v) is 3.11. The number of nitro groups is 1. The maximum absolute atomic E-state index is 13.3. The minimum Gasteiger partial charge on any atom is -0.617 e. The molecule has 108 valence electrons. The number of nitrogens with zero attached hydrogens (tertiary/aromatic N) is 3. The molecule has 1 unspecified atom stereocenters. The van der Waals surface area contributed by atoms with Crippen LogP contribution in [0.5, 0.6) is 0 Å². The fourth-order valence-electron chi connectivity index (χ4n) is 3.11. The second kappa shape index (κ2) is 4.06. The van der Waals surface area contributed by atoms with E-state index >= 15 is 0 Å². The van der Waals surface area contributed by atoms with Gasteiger partial charge < -0.3 is 5.21 Å². The number of nitroso groups, excluding NO2 is 1. The second-order valence-corrected chi connectivity index (χ2v) is 5.30. The van der Waals surface area contributed by atoms with Crippen LogP contribution in [0.25, 0.3) is 6.08 Å². The molecule has 22 heavy (non-hydrogen) atoms. The van der Waals surface area contributed by atoms with Crippen molar-refractivity contribution in [2.24, 2.45) is 0 Å². The predicted octanol–water partition coefficient (Wildman–Crippen LogP) is 3.34. The van der Waals surface area contributed by atoms with Crippen molar-refractivity contribution in [2.45, 2.75) is 6.54 Å². The summed E-state index contributed by atoms with van der Waals surface area (Å²) in [5, 5.41) is 24.6. The van der Waals surface area contributed by atoms with Crippen molar-refractivity contribution < 1.29 is 9.68 Å². The molecule has 0 saturated carbocycles. The van der Waals surface area contributed by atoms with E-state index in [1.165, 1.54) is 24.3 Å². The van der Waals surface area contributed by atoms with Crippen LogP contribution >= 0.6 is 0 Å². The van der Waals surface area contributed by atoms with Crippen molar-refractivity contribution in [3.05, 3.63) is 79.6 Å². The van der Waals surface area contributed by atoms with Gasteiger partial charge in [-0.1, -0.05) is 24.3 Å². The fraction of sp³-hybridized carbons (Fsp3) is 0.0667. The first-order valence-electron chi connectivity index (χ1n) is 6.67. The summed E-state index contributed by atoms with van der Waals surface area (Å²) < 4.78 is -0.613. The summed E-state index contributed by atoms with van der Waals surface area (Å²) in [7, 11) is 0. The number of rotatable bonds is 1. The minimum absolute atomic E-state index is 0.0292. The first-order valence-corrected chi connectivity index (χ1v) is 6.67. The molecule has 1 atom stereocenters. The Hall–Kier alpha value is -2.90. The normalized spacial score (nSPS) is 21.7. The zero-order valence-electron chi connectivity index (χ0n) is 11.3. The van der Waals surface area contributed by atoms with Gasteiger partial charge in [0.2, 0.25) is 0 Å². The van der Waals surface area contributed by atoms with Crippen molar-refractivity contribution >= 4 is 23.1 Å². The Kier molecular flexibility index (Phi) is 2.37. The van der Waals surface area contributed by atoms with Crippen LogP contribution < -0.4 is 4.65 Å². The third-order valence-electron chi connectivity index (χ3n) is 4.08. The first kappa shape index (κ1) is 12.8. The van der Waals surface area contributed by atoms with Crippen molar-refractivity contribution in [1.29, 1.82) is 0 Å². The summed E-state index contributed by atoms with van der Waals surface area (Å²) in [6.07, 6.45) is 1.52.